The van der Waals surface area contributed by atoms with Crippen LogP contribution in [0.5, 0.6) is 0 Å². The summed E-state index contributed by atoms with van der Waals surface area (Å²) in [7, 11) is -3.53. The minimum atomic E-state index is -3.53. The largest absolute Gasteiger partial charge is 0.333 e. The van der Waals surface area contributed by atoms with Gasteiger partial charge in [0.1, 0.15) is 0 Å². The molecule has 1 fully saturated rings. The Morgan fingerprint density at radius 3 is 2.40 bits per heavy atom. The standard InChI is InChI=1S/C22H26N4O3S/c1-16-14-25(15-17(2)24-16)30(28,29)20-9-7-18(8-10-20)13-23-22(27)26-12-11-19-5-3-4-6-21(19)26/h3-12,16-17,24H,13-15H2,1-2H3,(H,23,27). The Morgan fingerprint density at radius 1 is 1.03 bits per heavy atom. The van der Waals surface area contributed by atoms with Gasteiger partial charge in [0.15, 0.2) is 0 Å². The SMILES string of the molecule is CC1CN(S(=O)(=O)c2ccc(CNC(=O)n3ccc4ccccc43)cc2)CC(C)N1. The Morgan fingerprint density at radius 2 is 1.70 bits per heavy atom. The molecule has 2 aromatic carbocycles. The van der Waals surface area contributed by atoms with E-state index in [2.05, 4.69) is 10.6 Å². The van der Waals surface area contributed by atoms with E-state index in [4.69, 9.17) is 0 Å². The number of fused-ring (bicyclic) bond motifs is 1. The summed E-state index contributed by atoms with van der Waals surface area (Å²) in [6.07, 6.45) is 1.74. The first-order valence-electron chi connectivity index (χ1n) is 10.0. The van der Waals surface area contributed by atoms with Gasteiger partial charge in [0.2, 0.25) is 10.0 Å². The van der Waals surface area contributed by atoms with Crippen LogP contribution in [0.1, 0.15) is 19.4 Å². The van der Waals surface area contributed by atoms with E-state index in [1.807, 2.05) is 44.2 Å². The second-order valence-corrected chi connectivity index (χ2v) is 9.78. The van der Waals surface area contributed by atoms with Gasteiger partial charge in [-0.15, -0.1) is 0 Å². The number of nitrogens with zero attached hydrogens (tertiary/aromatic N) is 2. The van der Waals surface area contributed by atoms with Crippen molar-refractivity contribution in [2.45, 2.75) is 37.4 Å². The predicted octanol–water partition coefficient (Wildman–Crippen LogP) is 2.77. The van der Waals surface area contributed by atoms with Gasteiger partial charge in [-0.25, -0.2) is 13.2 Å². The number of amides is 1. The summed E-state index contributed by atoms with van der Waals surface area (Å²) in [5, 5.41) is 7.22. The summed E-state index contributed by atoms with van der Waals surface area (Å²) in [5.41, 5.74) is 1.68. The molecule has 1 aliphatic heterocycles. The molecule has 0 bridgehead atoms. The van der Waals surface area contributed by atoms with Crippen molar-refractivity contribution in [2.75, 3.05) is 13.1 Å². The lowest BCUT2D eigenvalue weighted by Crippen LogP contribution is -2.55. The van der Waals surface area contributed by atoms with E-state index in [9.17, 15) is 13.2 Å². The third kappa shape index (κ3) is 4.12. The average Bonchev–Trinajstić information content (AvgIpc) is 3.16. The van der Waals surface area contributed by atoms with Gasteiger partial charge in [-0.2, -0.15) is 4.31 Å². The van der Waals surface area contributed by atoms with Crippen LogP contribution in [0.15, 0.2) is 65.7 Å². The van der Waals surface area contributed by atoms with Crippen molar-refractivity contribution < 1.29 is 13.2 Å². The molecular formula is C22H26N4O3S. The molecule has 3 aromatic rings. The first-order valence-corrected chi connectivity index (χ1v) is 11.5. The highest BCUT2D eigenvalue weighted by Crippen LogP contribution is 2.20. The Labute approximate surface area is 176 Å². The quantitative estimate of drug-likeness (QED) is 0.672. The summed E-state index contributed by atoms with van der Waals surface area (Å²) in [6, 6.07) is 16.3. The van der Waals surface area contributed by atoms with Gasteiger partial charge in [0.25, 0.3) is 0 Å². The smallest absolute Gasteiger partial charge is 0.326 e. The average molecular weight is 427 g/mol. The fourth-order valence-corrected chi connectivity index (χ4v) is 5.54. The van der Waals surface area contributed by atoms with Crippen LogP contribution in [0.3, 0.4) is 0 Å². The lowest BCUT2D eigenvalue weighted by molar-refractivity contribution is 0.243. The van der Waals surface area contributed by atoms with E-state index in [0.717, 1.165) is 16.5 Å². The highest BCUT2D eigenvalue weighted by molar-refractivity contribution is 7.89. The van der Waals surface area contributed by atoms with E-state index in [1.54, 1.807) is 35.0 Å². The van der Waals surface area contributed by atoms with Crippen LogP contribution in [0.4, 0.5) is 4.79 Å². The maximum atomic E-state index is 13.0. The zero-order valence-corrected chi connectivity index (χ0v) is 17.9. The van der Waals surface area contributed by atoms with E-state index in [1.165, 1.54) is 4.31 Å². The van der Waals surface area contributed by atoms with Crippen molar-refractivity contribution in [3.8, 4) is 0 Å². The predicted molar refractivity (Wildman–Crippen MR) is 117 cm³/mol. The highest BCUT2D eigenvalue weighted by atomic mass is 32.2. The van der Waals surface area contributed by atoms with Gasteiger partial charge >= 0.3 is 6.03 Å². The third-order valence-electron chi connectivity index (χ3n) is 5.35. The van der Waals surface area contributed by atoms with Crippen LogP contribution in [-0.2, 0) is 16.6 Å². The van der Waals surface area contributed by atoms with Crippen LogP contribution in [0.25, 0.3) is 10.9 Å². The molecule has 158 valence electrons. The molecule has 0 radical (unpaired) electrons. The highest BCUT2D eigenvalue weighted by Gasteiger charge is 2.31. The number of carbonyl (C=O) groups is 1. The number of para-hydroxylation sites is 1. The summed E-state index contributed by atoms with van der Waals surface area (Å²) >= 11 is 0. The van der Waals surface area contributed by atoms with Gasteiger partial charge < -0.3 is 10.6 Å². The molecule has 0 spiro atoms. The minimum absolute atomic E-state index is 0.114. The molecule has 7 nitrogen and oxygen atoms in total. The zero-order valence-electron chi connectivity index (χ0n) is 17.1. The van der Waals surface area contributed by atoms with Gasteiger partial charge in [-0.3, -0.25) is 4.57 Å². The first-order chi connectivity index (χ1) is 14.3. The Hall–Kier alpha value is -2.68. The number of nitrogens with one attached hydrogen (secondary N) is 2. The summed E-state index contributed by atoms with van der Waals surface area (Å²) in [4.78, 5) is 12.8. The molecule has 2 heterocycles. The molecule has 1 aliphatic rings. The lowest BCUT2D eigenvalue weighted by atomic mass is 10.2. The second kappa shape index (κ2) is 8.22. The fraction of sp³-hybridized carbons (Fsp3) is 0.318. The minimum Gasteiger partial charge on any atom is -0.333 e. The van der Waals surface area contributed by atoms with Crippen LogP contribution in [0.2, 0.25) is 0 Å². The molecule has 2 atom stereocenters. The van der Waals surface area contributed by atoms with Gasteiger partial charge in [-0.1, -0.05) is 30.3 Å². The van der Waals surface area contributed by atoms with Crippen molar-refractivity contribution in [3.05, 3.63) is 66.4 Å². The normalized spacial score (nSPS) is 20.3. The van der Waals surface area contributed by atoms with Crippen LogP contribution >= 0.6 is 0 Å². The van der Waals surface area contributed by atoms with Crippen molar-refractivity contribution in [1.82, 2.24) is 19.5 Å². The fourth-order valence-electron chi connectivity index (χ4n) is 3.92. The molecule has 0 aliphatic carbocycles. The first kappa shape index (κ1) is 20.6. The number of benzene rings is 2. The number of sulfonamides is 1. The number of piperazine rings is 1. The van der Waals surface area contributed by atoms with Gasteiger partial charge in [-0.05, 0) is 43.7 Å². The maximum Gasteiger partial charge on any atom is 0.326 e. The van der Waals surface area contributed by atoms with Crippen LogP contribution in [-0.4, -0.2) is 48.5 Å². The summed E-state index contributed by atoms with van der Waals surface area (Å²) in [5.74, 6) is 0. The number of aromatic nitrogens is 1. The van der Waals surface area contributed by atoms with Gasteiger partial charge in [0, 0.05) is 43.3 Å². The Kier molecular flexibility index (Phi) is 5.64. The van der Waals surface area contributed by atoms with Crippen molar-refractivity contribution >= 4 is 27.0 Å². The molecular weight excluding hydrogens is 400 g/mol. The van der Waals surface area contributed by atoms with E-state index in [-0.39, 0.29) is 23.0 Å². The molecule has 4 rings (SSSR count). The maximum absolute atomic E-state index is 13.0. The monoisotopic (exact) mass is 426 g/mol. The Balaban J connectivity index is 1.43. The van der Waals surface area contributed by atoms with E-state index < -0.39 is 10.0 Å². The lowest BCUT2D eigenvalue weighted by Gasteiger charge is -2.35. The summed E-state index contributed by atoms with van der Waals surface area (Å²) in [6.45, 7) is 5.19. The third-order valence-corrected chi connectivity index (χ3v) is 7.19. The molecule has 30 heavy (non-hydrogen) atoms. The topological polar surface area (TPSA) is 83.4 Å². The van der Waals surface area contributed by atoms with Crippen molar-refractivity contribution in [3.63, 3.8) is 0 Å². The van der Waals surface area contributed by atoms with Gasteiger partial charge in [0.05, 0.1) is 10.4 Å². The Bertz CT molecular complexity index is 1140. The number of carbonyl (C=O) groups excluding carboxylic acids is 1. The summed E-state index contributed by atoms with van der Waals surface area (Å²) < 4.78 is 29.0. The van der Waals surface area contributed by atoms with Crippen molar-refractivity contribution in [1.29, 1.82) is 0 Å². The molecule has 8 heteroatoms. The molecule has 2 unspecified atom stereocenters. The van der Waals surface area contributed by atoms with Crippen molar-refractivity contribution in [2.24, 2.45) is 0 Å². The van der Waals surface area contributed by atoms with Crippen LogP contribution < -0.4 is 10.6 Å². The molecule has 1 saturated heterocycles. The number of rotatable bonds is 4. The zero-order chi connectivity index (χ0) is 21.3. The van der Waals surface area contributed by atoms with E-state index in [0.29, 0.717) is 19.6 Å². The van der Waals surface area contributed by atoms with Crippen LogP contribution in [0, 0.1) is 0 Å². The molecule has 1 aromatic heterocycles. The molecule has 0 saturated carbocycles. The molecule has 1 amide bonds. The number of hydrogen-bond donors (Lipinski definition) is 2. The molecule has 2 N–H and O–H groups in total. The van der Waals surface area contributed by atoms with E-state index >= 15 is 0 Å². The number of hydrogen-bond acceptors (Lipinski definition) is 4. The second-order valence-electron chi connectivity index (χ2n) is 7.84.